The molecule has 32 heavy (non-hydrogen) atoms. The molecule has 3 heterocycles. The van der Waals surface area contributed by atoms with E-state index in [0.717, 1.165) is 24.2 Å². The molecule has 8 heteroatoms. The van der Waals surface area contributed by atoms with E-state index < -0.39 is 0 Å². The van der Waals surface area contributed by atoms with Crippen molar-refractivity contribution in [2.45, 2.75) is 46.1 Å². The second-order valence-corrected chi connectivity index (χ2v) is 8.99. The van der Waals surface area contributed by atoms with E-state index in [2.05, 4.69) is 35.4 Å². The fourth-order valence-electron chi connectivity index (χ4n) is 3.73. The number of carbonyl (C=O) groups is 2. The maximum atomic E-state index is 12.7. The molecule has 2 amide bonds. The van der Waals surface area contributed by atoms with E-state index >= 15 is 0 Å². The van der Waals surface area contributed by atoms with Crippen LogP contribution in [0.4, 0.5) is 5.13 Å². The standard InChI is InChI=1S/C24H27N3O4S/c1-15-4-5-16(2)21(12-15)31-19-6-9-27(10-7-19)22(28)13-18-14-32-24(25-18)26-23(29)20-8-11-30-17(20)3/h4-5,8,11-12,14,19H,6-7,9-10,13H2,1-3H3,(H,25,26,29). The van der Waals surface area contributed by atoms with Crippen LogP contribution in [-0.2, 0) is 11.2 Å². The average Bonchev–Trinajstić information content (AvgIpc) is 3.39. The van der Waals surface area contributed by atoms with E-state index in [4.69, 9.17) is 9.15 Å². The Hall–Kier alpha value is -3.13. The van der Waals surface area contributed by atoms with Gasteiger partial charge in [-0.15, -0.1) is 11.3 Å². The van der Waals surface area contributed by atoms with Crippen LogP contribution in [0.3, 0.4) is 0 Å². The van der Waals surface area contributed by atoms with Gasteiger partial charge in [-0.3, -0.25) is 14.9 Å². The normalized spacial score (nSPS) is 14.4. The Balaban J connectivity index is 1.27. The van der Waals surface area contributed by atoms with Gasteiger partial charge in [0.2, 0.25) is 5.91 Å². The molecular weight excluding hydrogens is 426 g/mol. The van der Waals surface area contributed by atoms with E-state index in [1.165, 1.54) is 23.2 Å². The minimum absolute atomic E-state index is 0.0454. The predicted octanol–water partition coefficient (Wildman–Crippen LogP) is 4.53. The Labute approximate surface area is 191 Å². The Morgan fingerprint density at radius 2 is 2.00 bits per heavy atom. The minimum Gasteiger partial charge on any atom is -0.490 e. The lowest BCUT2D eigenvalue weighted by atomic mass is 10.1. The van der Waals surface area contributed by atoms with Crippen LogP contribution in [0.15, 0.2) is 40.3 Å². The molecule has 0 spiro atoms. The molecule has 4 rings (SSSR count). The van der Waals surface area contributed by atoms with Gasteiger partial charge < -0.3 is 14.1 Å². The number of nitrogens with zero attached hydrogens (tertiary/aromatic N) is 2. The van der Waals surface area contributed by atoms with E-state index in [-0.39, 0.29) is 24.3 Å². The topological polar surface area (TPSA) is 84.7 Å². The van der Waals surface area contributed by atoms with Crippen LogP contribution in [0.5, 0.6) is 5.75 Å². The van der Waals surface area contributed by atoms with E-state index in [1.807, 2.05) is 17.2 Å². The number of amides is 2. The highest BCUT2D eigenvalue weighted by molar-refractivity contribution is 7.14. The largest absolute Gasteiger partial charge is 0.490 e. The lowest BCUT2D eigenvalue weighted by molar-refractivity contribution is -0.132. The van der Waals surface area contributed by atoms with Crippen LogP contribution in [-0.4, -0.2) is 40.9 Å². The summed E-state index contributed by atoms with van der Waals surface area (Å²) in [7, 11) is 0. The van der Waals surface area contributed by atoms with Crippen molar-refractivity contribution in [3.05, 3.63) is 64.1 Å². The predicted molar refractivity (Wildman–Crippen MR) is 123 cm³/mol. The number of aryl methyl sites for hydroxylation is 3. The van der Waals surface area contributed by atoms with Crippen molar-refractivity contribution in [3.63, 3.8) is 0 Å². The van der Waals surface area contributed by atoms with Crippen molar-refractivity contribution in [2.24, 2.45) is 0 Å². The van der Waals surface area contributed by atoms with Gasteiger partial charge in [0, 0.05) is 31.3 Å². The van der Waals surface area contributed by atoms with Crippen molar-refractivity contribution in [1.29, 1.82) is 0 Å². The average molecular weight is 454 g/mol. The maximum Gasteiger partial charge on any atom is 0.260 e. The summed E-state index contributed by atoms with van der Waals surface area (Å²) in [5.74, 6) is 1.26. The molecule has 0 unspecified atom stereocenters. The van der Waals surface area contributed by atoms with Gasteiger partial charge in [0.1, 0.15) is 17.6 Å². The van der Waals surface area contributed by atoms with Crippen molar-refractivity contribution in [3.8, 4) is 5.75 Å². The summed E-state index contributed by atoms with van der Waals surface area (Å²) in [5, 5.41) is 5.05. The van der Waals surface area contributed by atoms with Crippen LogP contribution in [0.1, 0.15) is 45.8 Å². The van der Waals surface area contributed by atoms with Crippen molar-refractivity contribution in [2.75, 3.05) is 18.4 Å². The monoisotopic (exact) mass is 453 g/mol. The summed E-state index contributed by atoms with van der Waals surface area (Å²) in [6, 6.07) is 7.84. The number of piperidine rings is 1. The summed E-state index contributed by atoms with van der Waals surface area (Å²) in [5.41, 5.74) is 3.44. The third kappa shape index (κ3) is 5.19. The fourth-order valence-corrected chi connectivity index (χ4v) is 4.44. The zero-order valence-corrected chi connectivity index (χ0v) is 19.3. The number of nitrogens with one attached hydrogen (secondary N) is 1. The first kappa shape index (κ1) is 22.1. The number of hydrogen-bond acceptors (Lipinski definition) is 6. The molecule has 0 bridgehead atoms. The van der Waals surface area contributed by atoms with Crippen LogP contribution >= 0.6 is 11.3 Å². The molecule has 3 aromatic rings. The molecule has 0 aliphatic carbocycles. The van der Waals surface area contributed by atoms with Gasteiger partial charge in [-0.25, -0.2) is 4.98 Å². The van der Waals surface area contributed by atoms with Gasteiger partial charge in [-0.1, -0.05) is 12.1 Å². The Morgan fingerprint density at radius 3 is 2.72 bits per heavy atom. The number of aromatic nitrogens is 1. The van der Waals surface area contributed by atoms with E-state index in [9.17, 15) is 9.59 Å². The van der Waals surface area contributed by atoms with Gasteiger partial charge in [-0.2, -0.15) is 0 Å². The summed E-state index contributed by atoms with van der Waals surface area (Å²) in [6.07, 6.45) is 3.43. The smallest absolute Gasteiger partial charge is 0.260 e. The molecule has 2 aromatic heterocycles. The number of carbonyl (C=O) groups excluding carboxylic acids is 2. The Kier molecular flexibility index (Phi) is 6.60. The van der Waals surface area contributed by atoms with Gasteiger partial charge >= 0.3 is 0 Å². The molecule has 1 N–H and O–H groups in total. The highest BCUT2D eigenvalue weighted by atomic mass is 32.1. The second-order valence-electron chi connectivity index (χ2n) is 8.13. The molecule has 0 radical (unpaired) electrons. The molecule has 168 valence electrons. The summed E-state index contributed by atoms with van der Waals surface area (Å²) in [6.45, 7) is 7.18. The van der Waals surface area contributed by atoms with Crippen molar-refractivity contribution in [1.82, 2.24) is 9.88 Å². The first-order valence-corrected chi connectivity index (χ1v) is 11.6. The molecule has 1 saturated heterocycles. The second kappa shape index (κ2) is 9.56. The maximum absolute atomic E-state index is 12.7. The van der Waals surface area contributed by atoms with Crippen molar-refractivity contribution >= 4 is 28.3 Å². The third-order valence-electron chi connectivity index (χ3n) is 5.64. The molecular formula is C24H27N3O4S. The number of hydrogen-bond donors (Lipinski definition) is 1. The van der Waals surface area contributed by atoms with Gasteiger partial charge in [-0.05, 0) is 44.0 Å². The molecule has 1 aliphatic rings. The number of ether oxygens (including phenoxy) is 1. The highest BCUT2D eigenvalue weighted by Crippen LogP contribution is 2.24. The first-order chi connectivity index (χ1) is 15.4. The number of rotatable bonds is 6. The number of likely N-dealkylation sites (tertiary alicyclic amines) is 1. The van der Waals surface area contributed by atoms with Crippen LogP contribution in [0, 0.1) is 20.8 Å². The molecule has 0 atom stereocenters. The Bertz CT molecular complexity index is 1110. The molecule has 7 nitrogen and oxygen atoms in total. The quantitative estimate of drug-likeness (QED) is 0.593. The summed E-state index contributed by atoms with van der Waals surface area (Å²) < 4.78 is 11.4. The zero-order valence-electron chi connectivity index (χ0n) is 18.5. The molecule has 0 saturated carbocycles. The minimum atomic E-state index is -0.269. The Morgan fingerprint density at radius 1 is 1.22 bits per heavy atom. The van der Waals surface area contributed by atoms with Gasteiger partial charge in [0.05, 0.1) is 23.9 Å². The highest BCUT2D eigenvalue weighted by Gasteiger charge is 2.25. The van der Waals surface area contributed by atoms with Gasteiger partial charge in [0.25, 0.3) is 5.91 Å². The van der Waals surface area contributed by atoms with Gasteiger partial charge in [0.15, 0.2) is 5.13 Å². The van der Waals surface area contributed by atoms with Crippen LogP contribution in [0.2, 0.25) is 0 Å². The van der Waals surface area contributed by atoms with Crippen molar-refractivity contribution < 1.29 is 18.7 Å². The molecule has 1 aliphatic heterocycles. The lowest BCUT2D eigenvalue weighted by Crippen LogP contribution is -2.42. The summed E-state index contributed by atoms with van der Waals surface area (Å²) >= 11 is 1.31. The van der Waals surface area contributed by atoms with E-state index in [0.29, 0.717) is 35.2 Å². The third-order valence-corrected chi connectivity index (χ3v) is 6.45. The lowest BCUT2D eigenvalue weighted by Gasteiger charge is -2.32. The fraction of sp³-hybridized carbons (Fsp3) is 0.375. The number of thiazole rings is 1. The van der Waals surface area contributed by atoms with E-state index in [1.54, 1.807) is 13.0 Å². The molecule has 1 aromatic carbocycles. The molecule has 1 fully saturated rings. The van der Waals surface area contributed by atoms with Crippen LogP contribution < -0.4 is 10.1 Å². The number of benzene rings is 1. The first-order valence-electron chi connectivity index (χ1n) is 10.7. The SMILES string of the molecule is Cc1ccc(C)c(OC2CCN(C(=O)Cc3csc(NC(=O)c4ccoc4C)n3)CC2)c1. The zero-order chi connectivity index (χ0) is 22.7. The van der Waals surface area contributed by atoms with Crippen LogP contribution in [0.25, 0.3) is 0 Å². The number of furan rings is 1. The summed E-state index contributed by atoms with van der Waals surface area (Å²) in [4.78, 5) is 31.3. The number of anilines is 1.